The largest absolute Gasteiger partial charge is 0.352 e. The Bertz CT molecular complexity index is 866. The van der Waals surface area contributed by atoms with Crippen molar-refractivity contribution in [2.24, 2.45) is 0 Å². The number of amides is 2. The Balaban J connectivity index is 1.82. The van der Waals surface area contributed by atoms with E-state index in [4.69, 9.17) is 11.6 Å². The van der Waals surface area contributed by atoms with Crippen molar-refractivity contribution in [1.82, 2.24) is 10.2 Å². The molecule has 1 saturated carbocycles. The van der Waals surface area contributed by atoms with Crippen LogP contribution >= 0.6 is 11.6 Å². The average Bonchev–Trinajstić information content (AvgIpc) is 3.24. The zero-order valence-electron chi connectivity index (χ0n) is 17.2. The molecule has 0 aromatic heterocycles. The molecular formula is C24H28ClFN2O2. The molecule has 1 aliphatic rings. The van der Waals surface area contributed by atoms with Crippen molar-refractivity contribution >= 4 is 23.4 Å². The molecule has 1 N–H and O–H groups in total. The number of rotatable bonds is 8. The van der Waals surface area contributed by atoms with E-state index in [1.54, 1.807) is 23.1 Å². The lowest BCUT2D eigenvalue weighted by molar-refractivity contribution is -0.141. The summed E-state index contributed by atoms with van der Waals surface area (Å²) >= 11 is 6.34. The molecule has 3 rings (SSSR count). The van der Waals surface area contributed by atoms with E-state index < -0.39 is 6.04 Å². The Morgan fingerprint density at radius 2 is 1.80 bits per heavy atom. The molecule has 160 valence electrons. The second kappa shape index (κ2) is 10.6. The zero-order valence-corrected chi connectivity index (χ0v) is 18.0. The highest BCUT2D eigenvalue weighted by atomic mass is 35.5. The lowest BCUT2D eigenvalue weighted by Crippen LogP contribution is -2.51. The lowest BCUT2D eigenvalue weighted by atomic mass is 10.1. The van der Waals surface area contributed by atoms with Crippen LogP contribution in [0.4, 0.5) is 4.39 Å². The molecule has 2 amide bonds. The molecule has 1 fully saturated rings. The second-order valence-electron chi connectivity index (χ2n) is 7.83. The molecule has 0 bridgehead atoms. The van der Waals surface area contributed by atoms with E-state index in [-0.39, 0.29) is 36.6 Å². The molecule has 1 atom stereocenters. The first-order valence-electron chi connectivity index (χ1n) is 10.6. The van der Waals surface area contributed by atoms with Crippen molar-refractivity contribution in [1.29, 1.82) is 0 Å². The Kier molecular flexibility index (Phi) is 7.86. The van der Waals surface area contributed by atoms with Crippen LogP contribution in [-0.2, 0) is 22.6 Å². The standard InChI is InChI=1S/C24H28ClFN2O2/c1-2-22(24(30)27-20-8-4-5-9-20)28(16-18-7-3-6-10-21(18)25)23(29)15-17-11-13-19(26)14-12-17/h3,6-7,10-14,20,22H,2,4-5,8-9,15-16H2,1H3,(H,27,30). The summed E-state index contributed by atoms with van der Waals surface area (Å²) in [6.07, 6.45) is 4.80. The summed E-state index contributed by atoms with van der Waals surface area (Å²) in [5.41, 5.74) is 1.50. The van der Waals surface area contributed by atoms with Crippen molar-refractivity contribution in [3.63, 3.8) is 0 Å². The zero-order chi connectivity index (χ0) is 21.5. The highest BCUT2D eigenvalue weighted by molar-refractivity contribution is 6.31. The van der Waals surface area contributed by atoms with Gasteiger partial charge < -0.3 is 10.2 Å². The van der Waals surface area contributed by atoms with Crippen molar-refractivity contribution in [2.45, 2.75) is 64.1 Å². The quantitative estimate of drug-likeness (QED) is 0.648. The fourth-order valence-corrected chi connectivity index (χ4v) is 4.17. The van der Waals surface area contributed by atoms with Crippen LogP contribution in [0.2, 0.25) is 5.02 Å². The first-order valence-corrected chi connectivity index (χ1v) is 10.9. The number of hydrogen-bond acceptors (Lipinski definition) is 2. The molecular weight excluding hydrogens is 403 g/mol. The smallest absolute Gasteiger partial charge is 0.243 e. The maximum absolute atomic E-state index is 13.3. The van der Waals surface area contributed by atoms with Crippen LogP contribution in [0.1, 0.15) is 50.2 Å². The fourth-order valence-electron chi connectivity index (χ4n) is 3.98. The van der Waals surface area contributed by atoms with Gasteiger partial charge in [0.2, 0.25) is 11.8 Å². The van der Waals surface area contributed by atoms with E-state index in [1.807, 2.05) is 25.1 Å². The molecule has 0 radical (unpaired) electrons. The van der Waals surface area contributed by atoms with Gasteiger partial charge in [-0.25, -0.2) is 4.39 Å². The van der Waals surface area contributed by atoms with E-state index in [2.05, 4.69) is 5.32 Å². The van der Waals surface area contributed by atoms with Gasteiger partial charge in [-0.3, -0.25) is 9.59 Å². The van der Waals surface area contributed by atoms with Gasteiger partial charge >= 0.3 is 0 Å². The molecule has 2 aromatic rings. The van der Waals surface area contributed by atoms with Gasteiger partial charge in [-0.05, 0) is 48.6 Å². The normalized spacial score (nSPS) is 15.0. The molecule has 1 aliphatic carbocycles. The lowest BCUT2D eigenvalue weighted by Gasteiger charge is -2.32. The van der Waals surface area contributed by atoms with Crippen LogP contribution in [0.15, 0.2) is 48.5 Å². The molecule has 0 saturated heterocycles. The van der Waals surface area contributed by atoms with Crippen molar-refractivity contribution < 1.29 is 14.0 Å². The van der Waals surface area contributed by atoms with Gasteiger partial charge in [0.1, 0.15) is 11.9 Å². The minimum absolute atomic E-state index is 0.0952. The predicted molar refractivity (Wildman–Crippen MR) is 117 cm³/mol. The highest BCUT2D eigenvalue weighted by Crippen LogP contribution is 2.22. The summed E-state index contributed by atoms with van der Waals surface area (Å²) < 4.78 is 13.2. The van der Waals surface area contributed by atoms with Crippen LogP contribution in [-0.4, -0.2) is 28.8 Å². The Labute approximate surface area is 182 Å². The summed E-state index contributed by atoms with van der Waals surface area (Å²) in [7, 11) is 0. The van der Waals surface area contributed by atoms with Crippen molar-refractivity contribution in [3.8, 4) is 0 Å². The van der Waals surface area contributed by atoms with Crippen LogP contribution in [0.25, 0.3) is 0 Å². The summed E-state index contributed by atoms with van der Waals surface area (Å²) in [6.45, 7) is 2.15. The molecule has 6 heteroatoms. The molecule has 0 aliphatic heterocycles. The summed E-state index contributed by atoms with van der Waals surface area (Å²) in [5.74, 6) is -0.652. The number of halogens is 2. The van der Waals surface area contributed by atoms with E-state index in [1.165, 1.54) is 12.1 Å². The molecule has 1 unspecified atom stereocenters. The predicted octanol–water partition coefficient (Wildman–Crippen LogP) is 4.89. The first-order chi connectivity index (χ1) is 14.5. The molecule has 4 nitrogen and oxygen atoms in total. The van der Waals surface area contributed by atoms with Crippen LogP contribution in [0, 0.1) is 5.82 Å². The summed E-state index contributed by atoms with van der Waals surface area (Å²) in [5, 5.41) is 3.68. The number of benzene rings is 2. The van der Waals surface area contributed by atoms with Gasteiger partial charge in [-0.2, -0.15) is 0 Å². The summed E-state index contributed by atoms with van der Waals surface area (Å²) in [6, 6.07) is 12.8. The van der Waals surface area contributed by atoms with Gasteiger partial charge in [-0.15, -0.1) is 0 Å². The third-order valence-corrected chi connectivity index (χ3v) is 6.02. The minimum Gasteiger partial charge on any atom is -0.352 e. The van der Waals surface area contributed by atoms with E-state index >= 15 is 0 Å². The van der Waals surface area contributed by atoms with Gasteiger partial charge in [0.15, 0.2) is 0 Å². The monoisotopic (exact) mass is 430 g/mol. The Hall–Kier alpha value is -2.40. The van der Waals surface area contributed by atoms with Crippen molar-refractivity contribution in [2.75, 3.05) is 0 Å². The van der Waals surface area contributed by atoms with E-state index in [9.17, 15) is 14.0 Å². The SMILES string of the molecule is CCC(C(=O)NC1CCCC1)N(Cc1ccccc1Cl)C(=O)Cc1ccc(F)cc1. The number of nitrogens with one attached hydrogen (secondary N) is 1. The number of nitrogens with zero attached hydrogens (tertiary/aromatic N) is 1. The van der Waals surface area contributed by atoms with Crippen molar-refractivity contribution in [3.05, 3.63) is 70.5 Å². The molecule has 0 heterocycles. The molecule has 0 spiro atoms. The number of carbonyl (C=O) groups excluding carboxylic acids is 2. The fraction of sp³-hybridized carbons (Fsp3) is 0.417. The average molecular weight is 431 g/mol. The minimum atomic E-state index is -0.588. The van der Waals surface area contributed by atoms with E-state index in [0.29, 0.717) is 17.0 Å². The first kappa shape index (κ1) is 22.3. The number of carbonyl (C=O) groups is 2. The van der Waals surface area contributed by atoms with Crippen LogP contribution in [0.3, 0.4) is 0 Å². The Morgan fingerprint density at radius 3 is 2.43 bits per heavy atom. The van der Waals surface area contributed by atoms with Crippen LogP contribution < -0.4 is 5.32 Å². The van der Waals surface area contributed by atoms with Crippen LogP contribution in [0.5, 0.6) is 0 Å². The maximum Gasteiger partial charge on any atom is 0.243 e. The topological polar surface area (TPSA) is 49.4 Å². The maximum atomic E-state index is 13.3. The third kappa shape index (κ3) is 5.82. The van der Waals surface area contributed by atoms with Gasteiger partial charge in [-0.1, -0.05) is 61.7 Å². The Morgan fingerprint density at radius 1 is 1.13 bits per heavy atom. The summed E-state index contributed by atoms with van der Waals surface area (Å²) in [4.78, 5) is 27.9. The highest BCUT2D eigenvalue weighted by Gasteiger charge is 2.30. The number of hydrogen-bond donors (Lipinski definition) is 1. The van der Waals surface area contributed by atoms with Gasteiger partial charge in [0.25, 0.3) is 0 Å². The molecule has 2 aromatic carbocycles. The van der Waals surface area contributed by atoms with Gasteiger partial charge in [0, 0.05) is 17.6 Å². The van der Waals surface area contributed by atoms with Gasteiger partial charge in [0.05, 0.1) is 6.42 Å². The second-order valence-corrected chi connectivity index (χ2v) is 8.24. The molecule has 30 heavy (non-hydrogen) atoms. The third-order valence-electron chi connectivity index (χ3n) is 5.65. The van der Waals surface area contributed by atoms with E-state index in [0.717, 1.165) is 31.2 Å².